The molecule has 3 aromatic carbocycles. The van der Waals surface area contributed by atoms with Crippen LogP contribution in [0, 0.1) is 11.6 Å². The van der Waals surface area contributed by atoms with Crippen molar-refractivity contribution in [2.24, 2.45) is 0 Å². The van der Waals surface area contributed by atoms with Gasteiger partial charge in [0.1, 0.15) is 0 Å². The van der Waals surface area contributed by atoms with Crippen LogP contribution in [0.3, 0.4) is 0 Å². The summed E-state index contributed by atoms with van der Waals surface area (Å²) >= 11 is 0. The zero-order valence-corrected chi connectivity index (χ0v) is 20.3. The van der Waals surface area contributed by atoms with E-state index in [4.69, 9.17) is 0 Å². The predicted octanol–water partition coefficient (Wildman–Crippen LogP) is 9.93. The molecule has 0 saturated carbocycles. The lowest BCUT2D eigenvalue weighted by Crippen LogP contribution is -1.95. The fraction of sp³-hybridized carbons (Fsp3) is 0.419. The number of unbranched alkanes of at least 4 members (excludes halogenated alkanes) is 7. The van der Waals surface area contributed by atoms with Gasteiger partial charge in [0.2, 0.25) is 0 Å². The van der Waals surface area contributed by atoms with Crippen molar-refractivity contribution < 1.29 is 8.78 Å². The van der Waals surface area contributed by atoms with Crippen LogP contribution >= 0.6 is 0 Å². The number of hydrogen-bond donors (Lipinski definition) is 0. The number of hydrogen-bond acceptors (Lipinski definition) is 0. The van der Waals surface area contributed by atoms with Crippen LogP contribution in [0.5, 0.6) is 0 Å². The summed E-state index contributed by atoms with van der Waals surface area (Å²) in [6, 6.07) is 19.2. The first kappa shape index (κ1) is 25.1. The molecule has 0 aliphatic heterocycles. The van der Waals surface area contributed by atoms with E-state index >= 15 is 0 Å². The zero-order valence-electron chi connectivity index (χ0n) is 20.3. The van der Waals surface area contributed by atoms with Gasteiger partial charge < -0.3 is 0 Å². The monoisotopic (exact) mass is 448 g/mol. The van der Waals surface area contributed by atoms with Crippen LogP contribution in [-0.2, 0) is 12.8 Å². The highest BCUT2D eigenvalue weighted by atomic mass is 19.2. The van der Waals surface area contributed by atoms with Gasteiger partial charge in [0.05, 0.1) is 0 Å². The van der Waals surface area contributed by atoms with Crippen LogP contribution in [-0.4, -0.2) is 0 Å². The highest BCUT2D eigenvalue weighted by molar-refractivity contribution is 5.72. The maximum Gasteiger partial charge on any atom is 0.167 e. The van der Waals surface area contributed by atoms with Crippen molar-refractivity contribution in [3.05, 3.63) is 83.4 Å². The van der Waals surface area contributed by atoms with Gasteiger partial charge in [-0.05, 0) is 47.9 Å². The van der Waals surface area contributed by atoms with Gasteiger partial charge >= 0.3 is 0 Å². The molecule has 0 amide bonds. The fourth-order valence-corrected chi connectivity index (χ4v) is 4.39. The molecule has 0 atom stereocenters. The maximum atomic E-state index is 15.0. The van der Waals surface area contributed by atoms with E-state index < -0.39 is 11.6 Å². The first-order valence-corrected chi connectivity index (χ1v) is 12.8. The van der Waals surface area contributed by atoms with Crippen molar-refractivity contribution in [2.75, 3.05) is 0 Å². The highest BCUT2D eigenvalue weighted by Crippen LogP contribution is 2.32. The molecule has 0 heterocycles. The van der Waals surface area contributed by atoms with Crippen LogP contribution in [0.15, 0.2) is 60.7 Å². The summed E-state index contributed by atoms with van der Waals surface area (Å²) in [5.74, 6) is -1.55. The topological polar surface area (TPSA) is 0 Å². The summed E-state index contributed by atoms with van der Waals surface area (Å²) in [4.78, 5) is 0. The van der Waals surface area contributed by atoms with Gasteiger partial charge in [-0.25, -0.2) is 8.78 Å². The first-order chi connectivity index (χ1) is 16.1. The molecule has 0 N–H and O–H groups in total. The van der Waals surface area contributed by atoms with Gasteiger partial charge in [-0.3, -0.25) is 0 Å². The zero-order chi connectivity index (χ0) is 23.5. The number of rotatable bonds is 13. The van der Waals surface area contributed by atoms with Crippen molar-refractivity contribution in [1.29, 1.82) is 0 Å². The molecule has 0 aromatic heterocycles. The Morgan fingerprint density at radius 1 is 0.455 bits per heavy atom. The van der Waals surface area contributed by atoms with Gasteiger partial charge in [-0.15, -0.1) is 0 Å². The molecule has 33 heavy (non-hydrogen) atoms. The predicted molar refractivity (Wildman–Crippen MR) is 138 cm³/mol. The summed E-state index contributed by atoms with van der Waals surface area (Å²) in [6.45, 7) is 4.42. The van der Waals surface area contributed by atoms with Crippen LogP contribution in [0.1, 0.15) is 82.8 Å². The maximum absolute atomic E-state index is 15.0. The van der Waals surface area contributed by atoms with Gasteiger partial charge in [0.15, 0.2) is 11.6 Å². The van der Waals surface area contributed by atoms with Crippen LogP contribution < -0.4 is 0 Å². The van der Waals surface area contributed by atoms with Gasteiger partial charge in [-0.1, -0.05) is 119 Å². The smallest absolute Gasteiger partial charge is 0.167 e. The fourth-order valence-electron chi connectivity index (χ4n) is 4.39. The molecular weight excluding hydrogens is 410 g/mol. The van der Waals surface area contributed by atoms with E-state index in [0.717, 1.165) is 24.8 Å². The molecular formula is C31H38F2. The van der Waals surface area contributed by atoms with Crippen molar-refractivity contribution >= 4 is 0 Å². The van der Waals surface area contributed by atoms with Gasteiger partial charge in [0.25, 0.3) is 0 Å². The molecule has 0 saturated heterocycles. The normalized spacial score (nSPS) is 11.2. The van der Waals surface area contributed by atoms with E-state index in [1.54, 1.807) is 12.1 Å². The average molecular weight is 449 g/mol. The molecule has 0 nitrogen and oxygen atoms in total. The Hall–Kier alpha value is -2.48. The Morgan fingerprint density at radius 3 is 1.27 bits per heavy atom. The van der Waals surface area contributed by atoms with E-state index in [2.05, 4.69) is 13.8 Å². The van der Waals surface area contributed by atoms with E-state index in [1.807, 2.05) is 48.5 Å². The molecule has 0 bridgehead atoms. The molecule has 0 unspecified atom stereocenters. The molecule has 0 fully saturated rings. The van der Waals surface area contributed by atoms with Crippen LogP contribution in [0.4, 0.5) is 8.78 Å². The van der Waals surface area contributed by atoms with Crippen molar-refractivity contribution in [2.45, 2.75) is 84.5 Å². The van der Waals surface area contributed by atoms with Crippen LogP contribution in [0.25, 0.3) is 22.3 Å². The molecule has 0 radical (unpaired) electrons. The lowest BCUT2D eigenvalue weighted by atomic mass is 9.96. The van der Waals surface area contributed by atoms with E-state index in [-0.39, 0.29) is 0 Å². The third-order valence-corrected chi connectivity index (χ3v) is 6.50. The van der Waals surface area contributed by atoms with Crippen molar-refractivity contribution in [1.82, 2.24) is 0 Å². The Labute approximate surface area is 199 Å². The molecule has 0 aliphatic carbocycles. The minimum Gasteiger partial charge on any atom is -0.203 e. The average Bonchev–Trinajstić information content (AvgIpc) is 2.84. The third-order valence-electron chi connectivity index (χ3n) is 6.50. The lowest BCUT2D eigenvalue weighted by molar-refractivity contribution is 0.514. The number of halogens is 2. The standard InChI is InChI=1S/C31H38F2/c1-3-5-7-8-9-11-13-25-16-20-27(21-17-25)29-23-22-28(30(32)31(29)33)26-18-14-24(15-19-26)12-10-6-4-2/h14-23H,3-13H2,1-2H3. The second kappa shape index (κ2) is 13.3. The Kier molecular flexibility index (Phi) is 10.1. The van der Waals surface area contributed by atoms with E-state index in [1.165, 1.54) is 62.5 Å². The Morgan fingerprint density at radius 2 is 0.818 bits per heavy atom. The lowest BCUT2D eigenvalue weighted by Gasteiger charge is -2.11. The van der Waals surface area contributed by atoms with E-state index in [9.17, 15) is 8.78 Å². The minimum absolute atomic E-state index is 0.316. The molecule has 2 heteroatoms. The first-order valence-electron chi connectivity index (χ1n) is 12.8. The van der Waals surface area contributed by atoms with Crippen molar-refractivity contribution in [3.63, 3.8) is 0 Å². The molecule has 176 valence electrons. The Balaban J connectivity index is 1.65. The number of aryl methyl sites for hydroxylation is 2. The second-order valence-corrected chi connectivity index (χ2v) is 9.16. The summed E-state index contributed by atoms with van der Waals surface area (Å²) in [7, 11) is 0. The van der Waals surface area contributed by atoms with Crippen molar-refractivity contribution in [3.8, 4) is 22.3 Å². The second-order valence-electron chi connectivity index (χ2n) is 9.16. The summed E-state index contributed by atoms with van der Waals surface area (Å²) in [5, 5.41) is 0. The van der Waals surface area contributed by atoms with Gasteiger partial charge in [-0.2, -0.15) is 0 Å². The Bertz CT molecular complexity index is 971. The quantitative estimate of drug-likeness (QED) is 0.228. The van der Waals surface area contributed by atoms with Gasteiger partial charge in [0, 0.05) is 11.1 Å². The van der Waals surface area contributed by atoms with Crippen LogP contribution in [0.2, 0.25) is 0 Å². The molecule has 0 aliphatic rings. The molecule has 0 spiro atoms. The SMILES string of the molecule is CCCCCCCCc1ccc(-c2ccc(-c3ccc(CCCCC)cc3)c(F)c2F)cc1. The highest BCUT2D eigenvalue weighted by Gasteiger charge is 2.16. The van der Waals surface area contributed by atoms with E-state index in [0.29, 0.717) is 16.7 Å². The molecule has 3 rings (SSSR count). The molecule has 3 aromatic rings. The summed E-state index contributed by atoms with van der Waals surface area (Å²) in [6.07, 6.45) is 13.3. The number of benzene rings is 3. The largest absolute Gasteiger partial charge is 0.203 e. The minimum atomic E-state index is -0.776. The summed E-state index contributed by atoms with van der Waals surface area (Å²) < 4.78 is 30.0. The summed E-state index contributed by atoms with van der Waals surface area (Å²) in [5.41, 5.74) is 4.56. The third kappa shape index (κ3) is 7.25.